The third-order valence-corrected chi connectivity index (χ3v) is 4.29. The van der Waals surface area contributed by atoms with Crippen LogP contribution in [0.2, 0.25) is 0 Å². The highest BCUT2D eigenvalue weighted by atomic mass is 79.9. The Bertz CT molecular complexity index is 997. The van der Waals surface area contributed by atoms with Crippen molar-refractivity contribution in [3.63, 3.8) is 0 Å². The van der Waals surface area contributed by atoms with Crippen LogP contribution in [0.1, 0.15) is 18.1 Å². The van der Waals surface area contributed by atoms with Crippen molar-refractivity contribution >= 4 is 39.2 Å². The Morgan fingerprint density at radius 3 is 2.31 bits per heavy atom. The summed E-state index contributed by atoms with van der Waals surface area (Å²) >= 11 is 3.32. The van der Waals surface area contributed by atoms with Gasteiger partial charge >= 0.3 is 0 Å². The first-order valence-corrected chi connectivity index (χ1v) is 8.79. The number of phenolic OH excluding ortho intramolecular Hbond substituents is 2. The summed E-state index contributed by atoms with van der Waals surface area (Å²) in [5.41, 5.74) is 3.34. The smallest absolute Gasteiger partial charge is 0.125 e. The molecular weight excluding hydrogens is 392 g/mol. The fraction of sp³-hybridized carbons (Fsp3) is 0.0476. The fourth-order valence-corrected chi connectivity index (χ4v) is 2.80. The lowest BCUT2D eigenvalue weighted by molar-refractivity contribution is 0.473. The van der Waals surface area contributed by atoms with Crippen LogP contribution >= 0.6 is 15.9 Å². The van der Waals surface area contributed by atoms with Gasteiger partial charge in [-0.25, -0.2) is 0 Å². The van der Waals surface area contributed by atoms with Crippen LogP contribution in [-0.2, 0) is 0 Å². The average molecular weight is 409 g/mol. The summed E-state index contributed by atoms with van der Waals surface area (Å²) in [4.78, 5) is 9.08. The number of aromatic hydroxyl groups is 2. The second kappa shape index (κ2) is 7.97. The summed E-state index contributed by atoms with van der Waals surface area (Å²) in [6.45, 7) is 1.84. The molecule has 0 unspecified atom stereocenters. The van der Waals surface area contributed by atoms with Gasteiger partial charge in [-0.05, 0) is 49.4 Å². The summed E-state index contributed by atoms with van der Waals surface area (Å²) in [7, 11) is 0. The van der Waals surface area contributed by atoms with Crippen LogP contribution in [0.15, 0.2) is 81.2 Å². The zero-order chi connectivity index (χ0) is 18.5. The molecule has 0 heterocycles. The predicted octanol–water partition coefficient (Wildman–Crippen LogP) is 5.75. The van der Waals surface area contributed by atoms with Crippen molar-refractivity contribution in [3.8, 4) is 11.5 Å². The molecule has 0 bridgehead atoms. The van der Waals surface area contributed by atoms with Crippen LogP contribution in [-0.4, -0.2) is 22.1 Å². The molecule has 3 aromatic carbocycles. The second-order valence-corrected chi connectivity index (χ2v) is 6.58. The molecule has 0 radical (unpaired) electrons. The first-order valence-electron chi connectivity index (χ1n) is 8.00. The summed E-state index contributed by atoms with van der Waals surface area (Å²) in [6.07, 6.45) is 1.60. The molecule has 3 aromatic rings. The Morgan fingerprint density at radius 1 is 0.885 bits per heavy atom. The van der Waals surface area contributed by atoms with Crippen LogP contribution in [0.5, 0.6) is 11.5 Å². The van der Waals surface area contributed by atoms with Gasteiger partial charge in [0.15, 0.2) is 0 Å². The molecule has 0 atom stereocenters. The molecule has 0 amide bonds. The van der Waals surface area contributed by atoms with Crippen molar-refractivity contribution in [2.45, 2.75) is 6.92 Å². The van der Waals surface area contributed by atoms with Crippen LogP contribution in [0, 0.1) is 0 Å². The molecule has 0 aromatic heterocycles. The van der Waals surface area contributed by atoms with Crippen molar-refractivity contribution in [2.75, 3.05) is 0 Å². The molecule has 0 aliphatic heterocycles. The van der Waals surface area contributed by atoms with Crippen molar-refractivity contribution in [2.24, 2.45) is 9.98 Å². The first-order chi connectivity index (χ1) is 12.5. The van der Waals surface area contributed by atoms with Gasteiger partial charge in [0.1, 0.15) is 11.5 Å². The van der Waals surface area contributed by atoms with E-state index in [0.717, 1.165) is 4.47 Å². The number of phenols is 2. The summed E-state index contributed by atoms with van der Waals surface area (Å²) in [6, 6.07) is 19.8. The van der Waals surface area contributed by atoms with Gasteiger partial charge in [0.25, 0.3) is 0 Å². The number of halogens is 1. The summed E-state index contributed by atoms with van der Waals surface area (Å²) < 4.78 is 0.801. The minimum Gasteiger partial charge on any atom is -0.507 e. The Labute approximate surface area is 160 Å². The van der Waals surface area contributed by atoms with Crippen molar-refractivity contribution in [1.82, 2.24) is 0 Å². The van der Waals surface area contributed by atoms with Crippen LogP contribution in [0.25, 0.3) is 0 Å². The number of rotatable bonds is 4. The molecule has 0 aliphatic carbocycles. The largest absolute Gasteiger partial charge is 0.507 e. The summed E-state index contributed by atoms with van der Waals surface area (Å²) in [5.74, 6) is 0.337. The van der Waals surface area contributed by atoms with Gasteiger partial charge in [-0.1, -0.05) is 40.2 Å². The third-order valence-electron chi connectivity index (χ3n) is 3.80. The molecular formula is C21H17BrN2O2. The normalized spacial score (nSPS) is 11.8. The van der Waals surface area contributed by atoms with Crippen LogP contribution in [0.4, 0.5) is 11.4 Å². The number of hydrogen-bond donors (Lipinski definition) is 2. The van der Waals surface area contributed by atoms with Crippen molar-refractivity contribution in [3.05, 3.63) is 82.3 Å². The molecule has 0 fully saturated rings. The highest BCUT2D eigenvalue weighted by Crippen LogP contribution is 2.30. The molecule has 0 aliphatic rings. The third kappa shape index (κ3) is 4.18. The molecule has 0 saturated heterocycles. The van der Waals surface area contributed by atoms with E-state index in [1.807, 2.05) is 49.4 Å². The number of nitrogens with zero attached hydrogens (tertiary/aromatic N) is 2. The Kier molecular flexibility index (Phi) is 5.49. The zero-order valence-electron chi connectivity index (χ0n) is 14.1. The SMILES string of the molecule is CC(=Nc1ccccc1N=Cc1ccc(Br)cc1O)c1ccccc1O. The summed E-state index contributed by atoms with van der Waals surface area (Å²) in [5, 5.41) is 20.0. The van der Waals surface area contributed by atoms with Gasteiger partial charge in [0.2, 0.25) is 0 Å². The van der Waals surface area contributed by atoms with E-state index >= 15 is 0 Å². The Balaban J connectivity index is 1.95. The number of aliphatic imine (C=N–C) groups is 2. The van der Waals surface area contributed by atoms with E-state index in [-0.39, 0.29) is 11.5 Å². The molecule has 2 N–H and O–H groups in total. The topological polar surface area (TPSA) is 65.2 Å². The molecule has 0 saturated carbocycles. The fourth-order valence-electron chi connectivity index (χ4n) is 2.45. The minimum absolute atomic E-state index is 0.148. The maximum Gasteiger partial charge on any atom is 0.125 e. The van der Waals surface area contributed by atoms with Gasteiger partial charge < -0.3 is 10.2 Å². The average Bonchev–Trinajstić information content (AvgIpc) is 2.62. The van der Waals surface area contributed by atoms with E-state index in [1.54, 1.807) is 30.5 Å². The molecule has 4 nitrogen and oxygen atoms in total. The van der Waals surface area contributed by atoms with Gasteiger partial charge in [-0.3, -0.25) is 9.98 Å². The Morgan fingerprint density at radius 2 is 1.58 bits per heavy atom. The van der Waals surface area contributed by atoms with E-state index in [4.69, 9.17) is 0 Å². The number of benzene rings is 3. The molecule has 130 valence electrons. The highest BCUT2D eigenvalue weighted by molar-refractivity contribution is 9.10. The second-order valence-electron chi connectivity index (χ2n) is 5.66. The Hall–Kier alpha value is -2.92. The van der Waals surface area contributed by atoms with E-state index < -0.39 is 0 Å². The van der Waals surface area contributed by atoms with E-state index in [1.165, 1.54) is 0 Å². The van der Waals surface area contributed by atoms with Crippen LogP contribution in [0.3, 0.4) is 0 Å². The van der Waals surface area contributed by atoms with E-state index in [9.17, 15) is 10.2 Å². The lowest BCUT2D eigenvalue weighted by Crippen LogP contribution is -1.94. The van der Waals surface area contributed by atoms with Crippen molar-refractivity contribution in [1.29, 1.82) is 0 Å². The first kappa shape index (κ1) is 17.9. The molecule has 3 rings (SSSR count). The predicted molar refractivity (Wildman–Crippen MR) is 109 cm³/mol. The van der Waals surface area contributed by atoms with E-state index in [2.05, 4.69) is 25.9 Å². The molecule has 26 heavy (non-hydrogen) atoms. The van der Waals surface area contributed by atoms with Gasteiger partial charge in [-0.2, -0.15) is 0 Å². The monoisotopic (exact) mass is 408 g/mol. The van der Waals surface area contributed by atoms with Gasteiger partial charge in [0, 0.05) is 27.5 Å². The van der Waals surface area contributed by atoms with Gasteiger partial charge in [-0.15, -0.1) is 0 Å². The molecule has 0 spiro atoms. The maximum absolute atomic E-state index is 9.99. The van der Waals surface area contributed by atoms with Crippen LogP contribution < -0.4 is 0 Å². The highest BCUT2D eigenvalue weighted by Gasteiger charge is 2.06. The minimum atomic E-state index is 0.148. The zero-order valence-corrected chi connectivity index (χ0v) is 15.7. The lowest BCUT2D eigenvalue weighted by atomic mass is 10.1. The number of para-hydroxylation sites is 3. The lowest BCUT2D eigenvalue weighted by Gasteiger charge is -2.06. The quantitative estimate of drug-likeness (QED) is 0.539. The molecule has 5 heteroatoms. The standard InChI is InChI=1S/C21H17BrN2O2/c1-14(17-6-2-5-9-20(17)25)24-19-8-4-3-7-18(19)23-13-15-10-11-16(22)12-21(15)26/h2-13,25-26H,1H3. The van der Waals surface area contributed by atoms with Gasteiger partial charge in [0.05, 0.1) is 11.4 Å². The number of hydrogen-bond acceptors (Lipinski definition) is 4. The maximum atomic E-state index is 9.99. The van der Waals surface area contributed by atoms with E-state index in [0.29, 0.717) is 28.2 Å². The van der Waals surface area contributed by atoms with Crippen molar-refractivity contribution < 1.29 is 10.2 Å².